The average molecular weight is 329 g/mol. The Hall–Kier alpha value is -1.60. The lowest BCUT2D eigenvalue weighted by Crippen LogP contribution is -2.32. The van der Waals surface area contributed by atoms with Crippen LogP contribution in [0.5, 0.6) is 0 Å². The highest BCUT2D eigenvalue weighted by Crippen LogP contribution is 2.24. The zero-order valence-corrected chi connectivity index (χ0v) is 14.3. The lowest BCUT2D eigenvalue weighted by atomic mass is 10.0. The normalized spacial score (nSPS) is 13.2. The number of ether oxygens (including phenoxy) is 1. The molecule has 1 atom stereocenters. The Morgan fingerprint density at radius 1 is 1.32 bits per heavy atom. The van der Waals surface area contributed by atoms with Crippen molar-refractivity contribution in [2.75, 3.05) is 17.6 Å². The number of methoxy groups -OCH3 is 1. The van der Waals surface area contributed by atoms with Gasteiger partial charge in [-0.15, -0.1) is 0 Å². The van der Waals surface area contributed by atoms with Crippen LogP contribution in [0.25, 0.3) is 0 Å². The largest absolute Gasteiger partial charge is 0.478 e. The van der Waals surface area contributed by atoms with E-state index < -0.39 is 22.1 Å². The van der Waals surface area contributed by atoms with Gasteiger partial charge in [0.05, 0.1) is 23.1 Å². The average Bonchev–Trinajstić information content (AvgIpc) is 2.38. The van der Waals surface area contributed by atoms with Crippen LogP contribution in [0.4, 0.5) is 5.69 Å². The first kappa shape index (κ1) is 18.4. The maximum Gasteiger partial charge on any atom is 0.337 e. The van der Waals surface area contributed by atoms with Crippen LogP contribution in [0.2, 0.25) is 0 Å². The van der Waals surface area contributed by atoms with Gasteiger partial charge < -0.3 is 9.84 Å². The maximum absolute atomic E-state index is 12.3. The summed E-state index contributed by atoms with van der Waals surface area (Å²) in [5.41, 5.74) is 1.38. The number of nitrogens with one attached hydrogen (secondary N) is 1. The maximum atomic E-state index is 12.3. The molecule has 0 aliphatic carbocycles. The molecular weight excluding hydrogens is 306 g/mol. The lowest BCUT2D eigenvalue weighted by Gasteiger charge is -2.20. The predicted octanol–water partition coefficient (Wildman–Crippen LogP) is 2.41. The summed E-state index contributed by atoms with van der Waals surface area (Å²) in [5.74, 6) is -1.37. The van der Waals surface area contributed by atoms with E-state index in [1.165, 1.54) is 13.2 Å². The predicted molar refractivity (Wildman–Crippen MR) is 85.9 cm³/mol. The number of hydrogen-bond donors (Lipinski definition) is 2. The van der Waals surface area contributed by atoms with Gasteiger partial charge in [-0.3, -0.25) is 4.72 Å². The summed E-state index contributed by atoms with van der Waals surface area (Å²) in [6.07, 6.45) is -0.462. The summed E-state index contributed by atoms with van der Waals surface area (Å²) >= 11 is 0. The van der Waals surface area contributed by atoms with Crippen LogP contribution in [-0.4, -0.2) is 38.5 Å². The van der Waals surface area contributed by atoms with Crippen LogP contribution in [0.1, 0.15) is 35.3 Å². The van der Waals surface area contributed by atoms with E-state index >= 15 is 0 Å². The van der Waals surface area contributed by atoms with Gasteiger partial charge >= 0.3 is 5.97 Å². The SMILES string of the molecule is COC(CS(=O)(=O)Nc1c(C)cc(C)cc1C(=O)O)C(C)C. The van der Waals surface area contributed by atoms with E-state index in [-0.39, 0.29) is 22.9 Å². The second-order valence-electron chi connectivity index (χ2n) is 5.71. The molecule has 124 valence electrons. The van der Waals surface area contributed by atoms with Crippen molar-refractivity contribution < 1.29 is 23.1 Å². The van der Waals surface area contributed by atoms with Gasteiger partial charge in [-0.2, -0.15) is 0 Å². The Bertz CT molecular complexity index is 652. The van der Waals surface area contributed by atoms with E-state index in [9.17, 15) is 18.3 Å². The van der Waals surface area contributed by atoms with Crippen LogP contribution < -0.4 is 4.72 Å². The van der Waals surface area contributed by atoms with Crippen molar-refractivity contribution in [2.24, 2.45) is 5.92 Å². The summed E-state index contributed by atoms with van der Waals surface area (Å²) in [6, 6.07) is 3.18. The third kappa shape index (κ3) is 4.71. The minimum Gasteiger partial charge on any atom is -0.478 e. The number of sulfonamides is 1. The minimum atomic E-state index is -3.72. The standard InChI is InChI=1S/C15H23NO5S/c1-9(2)13(21-5)8-22(19,20)16-14-11(4)6-10(3)7-12(14)15(17)18/h6-7,9,13,16H,8H2,1-5H3,(H,17,18). The Kier molecular flexibility index (Phi) is 5.96. The van der Waals surface area contributed by atoms with Gasteiger partial charge in [0, 0.05) is 7.11 Å². The molecule has 0 radical (unpaired) electrons. The molecule has 0 bridgehead atoms. The number of aryl methyl sites for hydroxylation is 2. The first-order chi connectivity index (χ1) is 10.1. The number of hydrogen-bond acceptors (Lipinski definition) is 4. The van der Waals surface area contributed by atoms with E-state index in [0.29, 0.717) is 5.56 Å². The van der Waals surface area contributed by atoms with Crippen molar-refractivity contribution in [3.8, 4) is 0 Å². The molecule has 0 spiro atoms. The van der Waals surface area contributed by atoms with Crippen molar-refractivity contribution in [3.05, 3.63) is 28.8 Å². The van der Waals surface area contributed by atoms with Gasteiger partial charge in [0.1, 0.15) is 0 Å². The van der Waals surface area contributed by atoms with Gasteiger partial charge in [-0.05, 0) is 37.0 Å². The fraction of sp³-hybridized carbons (Fsp3) is 0.533. The molecule has 0 heterocycles. The van der Waals surface area contributed by atoms with Crippen molar-refractivity contribution in [3.63, 3.8) is 0 Å². The van der Waals surface area contributed by atoms with E-state index in [4.69, 9.17) is 4.74 Å². The van der Waals surface area contributed by atoms with Gasteiger partial charge in [0.15, 0.2) is 0 Å². The molecule has 0 amide bonds. The van der Waals surface area contributed by atoms with E-state index in [2.05, 4.69) is 4.72 Å². The summed E-state index contributed by atoms with van der Waals surface area (Å²) in [5, 5.41) is 9.27. The molecule has 2 N–H and O–H groups in total. The Balaban J connectivity index is 3.16. The number of anilines is 1. The fourth-order valence-electron chi connectivity index (χ4n) is 2.22. The first-order valence-electron chi connectivity index (χ1n) is 6.95. The molecular formula is C15H23NO5S. The highest BCUT2D eigenvalue weighted by molar-refractivity contribution is 7.92. The molecule has 0 fully saturated rings. The third-order valence-corrected chi connectivity index (χ3v) is 4.68. The van der Waals surface area contributed by atoms with Crippen molar-refractivity contribution in [2.45, 2.75) is 33.8 Å². The van der Waals surface area contributed by atoms with Crippen molar-refractivity contribution >= 4 is 21.7 Å². The number of carboxylic acids is 1. The third-order valence-electron chi connectivity index (χ3n) is 3.40. The fourth-order valence-corrected chi connectivity index (χ4v) is 3.84. The smallest absolute Gasteiger partial charge is 0.337 e. The number of rotatable bonds is 7. The lowest BCUT2D eigenvalue weighted by molar-refractivity contribution is 0.0698. The molecule has 1 unspecified atom stereocenters. The highest BCUT2D eigenvalue weighted by Gasteiger charge is 2.24. The summed E-state index contributed by atoms with van der Waals surface area (Å²) in [6.45, 7) is 7.16. The number of carbonyl (C=O) groups is 1. The summed E-state index contributed by atoms with van der Waals surface area (Å²) < 4.78 is 32.2. The molecule has 6 nitrogen and oxygen atoms in total. The van der Waals surface area contributed by atoms with Crippen LogP contribution in [0.3, 0.4) is 0 Å². The molecule has 0 aromatic heterocycles. The van der Waals surface area contributed by atoms with Gasteiger partial charge in [0.25, 0.3) is 0 Å². The zero-order valence-electron chi connectivity index (χ0n) is 13.5. The van der Waals surface area contributed by atoms with Gasteiger partial charge in [-0.25, -0.2) is 13.2 Å². The Morgan fingerprint density at radius 3 is 2.36 bits per heavy atom. The van der Waals surface area contributed by atoms with Crippen LogP contribution in [-0.2, 0) is 14.8 Å². The molecule has 0 aliphatic heterocycles. The number of benzene rings is 1. The number of carboxylic acid groups (broad SMARTS) is 1. The molecule has 1 aromatic rings. The monoisotopic (exact) mass is 329 g/mol. The topological polar surface area (TPSA) is 92.7 Å². The zero-order chi connectivity index (χ0) is 17.1. The Morgan fingerprint density at radius 2 is 1.91 bits per heavy atom. The molecule has 1 aromatic carbocycles. The molecule has 22 heavy (non-hydrogen) atoms. The molecule has 1 rings (SSSR count). The van der Waals surface area contributed by atoms with Gasteiger partial charge in [0.2, 0.25) is 10.0 Å². The van der Waals surface area contributed by atoms with Crippen LogP contribution in [0.15, 0.2) is 12.1 Å². The molecule has 0 saturated carbocycles. The van der Waals surface area contributed by atoms with Crippen LogP contribution in [0, 0.1) is 19.8 Å². The first-order valence-corrected chi connectivity index (χ1v) is 8.60. The summed E-state index contributed by atoms with van der Waals surface area (Å²) in [7, 11) is -2.26. The second kappa shape index (κ2) is 7.11. The minimum absolute atomic E-state index is 0.0274. The quantitative estimate of drug-likeness (QED) is 0.801. The van der Waals surface area contributed by atoms with Crippen molar-refractivity contribution in [1.29, 1.82) is 0 Å². The molecule has 0 aliphatic rings. The molecule has 7 heteroatoms. The van der Waals surface area contributed by atoms with E-state index in [0.717, 1.165) is 5.56 Å². The van der Waals surface area contributed by atoms with Gasteiger partial charge in [-0.1, -0.05) is 19.9 Å². The van der Waals surface area contributed by atoms with E-state index in [1.54, 1.807) is 19.9 Å². The number of aromatic carboxylic acids is 1. The van der Waals surface area contributed by atoms with E-state index in [1.807, 2.05) is 13.8 Å². The van der Waals surface area contributed by atoms with Crippen molar-refractivity contribution in [1.82, 2.24) is 0 Å². The molecule has 0 saturated heterocycles. The summed E-state index contributed by atoms with van der Waals surface area (Å²) in [4.78, 5) is 11.3. The second-order valence-corrected chi connectivity index (χ2v) is 7.48. The Labute approximate surface area is 131 Å². The highest BCUT2D eigenvalue weighted by atomic mass is 32.2. The van der Waals surface area contributed by atoms with Crippen LogP contribution >= 0.6 is 0 Å².